The van der Waals surface area contributed by atoms with Crippen LogP contribution < -0.4 is 5.32 Å². The quantitative estimate of drug-likeness (QED) is 0.858. The zero-order valence-electron chi connectivity index (χ0n) is 10.7. The first-order valence-electron chi connectivity index (χ1n) is 5.96. The number of ether oxygens (including phenoxy) is 1. The van der Waals surface area contributed by atoms with Crippen LogP contribution >= 0.6 is 27.3 Å². The number of carbonyl (C=O) groups is 1. The second-order valence-electron chi connectivity index (χ2n) is 5.48. The standard InChI is InChI=1S/C12H17BrN2O2S/c1-12(2,3)15-11(16)17-7-4-5-8-9(6-7)18-10(13)14-8/h7H,4-6H2,1-3H3,(H,15,16)/t7-/m1/s1. The highest BCUT2D eigenvalue weighted by Gasteiger charge is 2.26. The number of nitrogens with one attached hydrogen (secondary N) is 1. The molecule has 1 aromatic heterocycles. The first kappa shape index (κ1) is 13.8. The molecule has 0 bridgehead atoms. The molecule has 1 N–H and O–H groups in total. The minimum atomic E-state index is -0.334. The largest absolute Gasteiger partial charge is 0.446 e. The maximum absolute atomic E-state index is 11.7. The van der Waals surface area contributed by atoms with E-state index in [9.17, 15) is 4.79 Å². The Hall–Kier alpha value is -0.620. The van der Waals surface area contributed by atoms with Crippen LogP contribution in [0, 0.1) is 0 Å². The number of hydrogen-bond acceptors (Lipinski definition) is 4. The molecule has 0 aliphatic heterocycles. The molecule has 0 unspecified atom stereocenters. The number of thiazole rings is 1. The van der Waals surface area contributed by atoms with Crippen molar-refractivity contribution in [2.75, 3.05) is 0 Å². The van der Waals surface area contributed by atoms with E-state index in [4.69, 9.17) is 4.74 Å². The Kier molecular flexibility index (Phi) is 3.96. The van der Waals surface area contributed by atoms with E-state index in [1.54, 1.807) is 11.3 Å². The summed E-state index contributed by atoms with van der Waals surface area (Å²) in [5.41, 5.74) is 0.882. The Bertz CT molecular complexity index is 453. The normalized spacial score (nSPS) is 19.2. The van der Waals surface area contributed by atoms with Gasteiger partial charge >= 0.3 is 6.09 Å². The third kappa shape index (κ3) is 3.68. The van der Waals surface area contributed by atoms with Gasteiger partial charge in [-0.05, 0) is 49.5 Å². The molecule has 1 heterocycles. The van der Waals surface area contributed by atoms with Crippen molar-refractivity contribution in [3.63, 3.8) is 0 Å². The van der Waals surface area contributed by atoms with Crippen molar-refractivity contribution < 1.29 is 9.53 Å². The summed E-state index contributed by atoms with van der Waals surface area (Å²) in [7, 11) is 0. The van der Waals surface area contributed by atoms with E-state index < -0.39 is 0 Å². The SMILES string of the molecule is CC(C)(C)NC(=O)O[C@@H]1CCc2nc(Br)sc2C1. The number of fused-ring (bicyclic) bond motifs is 1. The van der Waals surface area contributed by atoms with Gasteiger partial charge in [0, 0.05) is 16.8 Å². The van der Waals surface area contributed by atoms with E-state index in [1.165, 1.54) is 4.88 Å². The van der Waals surface area contributed by atoms with Crippen LogP contribution in [-0.4, -0.2) is 22.7 Å². The Balaban J connectivity index is 1.91. The highest BCUT2D eigenvalue weighted by atomic mass is 79.9. The van der Waals surface area contributed by atoms with Gasteiger partial charge in [0.2, 0.25) is 0 Å². The highest BCUT2D eigenvalue weighted by Crippen LogP contribution is 2.30. The predicted octanol–water partition coefficient (Wildman–Crippen LogP) is 3.29. The molecule has 0 saturated carbocycles. The van der Waals surface area contributed by atoms with Gasteiger partial charge in [-0.1, -0.05) is 0 Å². The second-order valence-corrected chi connectivity index (χ2v) is 7.84. The summed E-state index contributed by atoms with van der Waals surface area (Å²) >= 11 is 5.02. The van der Waals surface area contributed by atoms with Crippen LogP contribution in [-0.2, 0) is 17.6 Å². The summed E-state index contributed by atoms with van der Waals surface area (Å²) in [5, 5.41) is 2.81. The Morgan fingerprint density at radius 1 is 1.56 bits per heavy atom. The minimum Gasteiger partial charge on any atom is -0.446 e. The zero-order valence-corrected chi connectivity index (χ0v) is 13.2. The molecule has 0 saturated heterocycles. The lowest BCUT2D eigenvalue weighted by Gasteiger charge is -2.25. The van der Waals surface area contributed by atoms with E-state index in [2.05, 4.69) is 26.2 Å². The molecule has 18 heavy (non-hydrogen) atoms. The van der Waals surface area contributed by atoms with Gasteiger partial charge in [-0.2, -0.15) is 0 Å². The maximum atomic E-state index is 11.7. The van der Waals surface area contributed by atoms with Crippen LogP contribution in [0.3, 0.4) is 0 Å². The fraction of sp³-hybridized carbons (Fsp3) is 0.667. The molecular weight excluding hydrogens is 316 g/mol. The smallest absolute Gasteiger partial charge is 0.407 e. The van der Waals surface area contributed by atoms with Crippen molar-refractivity contribution in [2.45, 2.75) is 51.7 Å². The summed E-state index contributed by atoms with van der Waals surface area (Å²) in [4.78, 5) is 17.3. The summed E-state index contributed by atoms with van der Waals surface area (Å²) in [5.74, 6) is 0. The number of nitrogens with zero attached hydrogens (tertiary/aromatic N) is 1. The van der Waals surface area contributed by atoms with Gasteiger partial charge < -0.3 is 10.1 Å². The van der Waals surface area contributed by atoms with Crippen LogP contribution in [0.4, 0.5) is 4.79 Å². The third-order valence-corrected chi connectivity index (χ3v) is 4.19. The Morgan fingerprint density at radius 3 is 2.94 bits per heavy atom. The molecule has 1 aromatic rings. The summed E-state index contributed by atoms with van der Waals surface area (Å²) in [6.07, 6.45) is 2.13. The number of hydrogen-bond donors (Lipinski definition) is 1. The van der Waals surface area contributed by atoms with Crippen molar-refractivity contribution >= 4 is 33.4 Å². The van der Waals surface area contributed by atoms with E-state index in [0.29, 0.717) is 0 Å². The van der Waals surface area contributed by atoms with E-state index in [-0.39, 0.29) is 17.7 Å². The molecule has 0 aromatic carbocycles. The van der Waals surface area contributed by atoms with Crippen LogP contribution in [0.2, 0.25) is 0 Å². The van der Waals surface area contributed by atoms with Crippen LogP contribution in [0.25, 0.3) is 0 Å². The average Bonchev–Trinajstić information content (AvgIpc) is 2.53. The second kappa shape index (κ2) is 5.17. The summed E-state index contributed by atoms with van der Waals surface area (Å²) in [6.45, 7) is 5.81. The van der Waals surface area contributed by atoms with Gasteiger partial charge in [-0.25, -0.2) is 9.78 Å². The van der Waals surface area contributed by atoms with Crippen molar-refractivity contribution in [2.24, 2.45) is 0 Å². The van der Waals surface area contributed by atoms with Gasteiger partial charge in [0.25, 0.3) is 0 Å². The number of aryl methyl sites for hydroxylation is 1. The molecule has 0 spiro atoms. The number of amides is 1. The minimum absolute atomic E-state index is 0.0350. The van der Waals surface area contributed by atoms with E-state index >= 15 is 0 Å². The molecule has 1 aliphatic rings. The summed E-state index contributed by atoms with van der Waals surface area (Å²) in [6, 6.07) is 0. The van der Waals surface area contributed by atoms with Crippen molar-refractivity contribution in [1.29, 1.82) is 0 Å². The molecule has 0 radical (unpaired) electrons. The van der Waals surface area contributed by atoms with Gasteiger partial charge in [-0.3, -0.25) is 0 Å². The molecule has 100 valence electrons. The Labute approximate surface area is 119 Å². The number of aromatic nitrogens is 1. The van der Waals surface area contributed by atoms with Gasteiger partial charge in [0.15, 0.2) is 3.92 Å². The van der Waals surface area contributed by atoms with Crippen LogP contribution in [0.15, 0.2) is 3.92 Å². The first-order chi connectivity index (χ1) is 8.33. The summed E-state index contributed by atoms with van der Waals surface area (Å²) < 4.78 is 6.36. The lowest BCUT2D eigenvalue weighted by molar-refractivity contribution is 0.0839. The number of carbonyl (C=O) groups excluding carboxylic acids is 1. The molecule has 1 atom stereocenters. The average molecular weight is 333 g/mol. The molecule has 4 nitrogen and oxygen atoms in total. The number of alkyl carbamates (subject to hydrolysis) is 1. The topological polar surface area (TPSA) is 51.2 Å². The van der Waals surface area contributed by atoms with Crippen LogP contribution in [0.1, 0.15) is 37.8 Å². The van der Waals surface area contributed by atoms with Crippen molar-refractivity contribution in [1.82, 2.24) is 10.3 Å². The maximum Gasteiger partial charge on any atom is 0.407 e. The number of halogens is 1. The molecule has 2 rings (SSSR count). The number of rotatable bonds is 1. The van der Waals surface area contributed by atoms with Crippen molar-refractivity contribution in [3.8, 4) is 0 Å². The lowest BCUT2D eigenvalue weighted by atomic mass is 10.0. The van der Waals surface area contributed by atoms with Crippen LogP contribution in [0.5, 0.6) is 0 Å². The van der Waals surface area contributed by atoms with Gasteiger partial charge in [0.1, 0.15) is 6.10 Å². The van der Waals surface area contributed by atoms with E-state index in [0.717, 1.165) is 28.9 Å². The zero-order chi connectivity index (χ0) is 13.3. The fourth-order valence-electron chi connectivity index (χ4n) is 1.90. The fourth-order valence-corrected chi connectivity index (χ4v) is 3.59. The third-order valence-electron chi connectivity index (χ3n) is 2.62. The molecule has 1 amide bonds. The first-order valence-corrected chi connectivity index (χ1v) is 7.57. The monoisotopic (exact) mass is 332 g/mol. The van der Waals surface area contributed by atoms with Crippen molar-refractivity contribution in [3.05, 3.63) is 14.5 Å². The molecule has 0 fully saturated rings. The molecule has 1 aliphatic carbocycles. The van der Waals surface area contributed by atoms with Gasteiger partial charge in [0.05, 0.1) is 5.69 Å². The predicted molar refractivity (Wildman–Crippen MR) is 75.0 cm³/mol. The Morgan fingerprint density at radius 2 is 2.28 bits per heavy atom. The molecular formula is C12H17BrN2O2S. The highest BCUT2D eigenvalue weighted by molar-refractivity contribution is 9.11. The molecule has 6 heteroatoms. The lowest BCUT2D eigenvalue weighted by Crippen LogP contribution is -2.42. The van der Waals surface area contributed by atoms with Gasteiger partial charge in [-0.15, -0.1) is 11.3 Å². The van der Waals surface area contributed by atoms with E-state index in [1.807, 2.05) is 20.8 Å².